The summed E-state index contributed by atoms with van der Waals surface area (Å²) >= 11 is 0. The van der Waals surface area contributed by atoms with Gasteiger partial charge in [-0.25, -0.2) is 4.79 Å². The number of hydrogen-bond acceptors (Lipinski definition) is 2. The molecule has 0 bridgehead atoms. The number of amides is 2. The van der Waals surface area contributed by atoms with Crippen molar-refractivity contribution in [1.29, 1.82) is 0 Å². The predicted molar refractivity (Wildman–Crippen MR) is 67.7 cm³/mol. The summed E-state index contributed by atoms with van der Waals surface area (Å²) in [6.07, 6.45) is 2.97. The molecule has 1 saturated carbocycles. The molecule has 0 spiro atoms. The fourth-order valence-corrected chi connectivity index (χ4v) is 1.73. The standard InChI is InChI=1S/C13H19N3O/c14-9-12(8-10-4-2-1-3-5-10)16-13(17)15-11-6-7-11/h1-5,11-12H,6-9,14H2,(H2,15,16,17). The van der Waals surface area contributed by atoms with E-state index in [1.54, 1.807) is 0 Å². The molecular formula is C13H19N3O. The summed E-state index contributed by atoms with van der Waals surface area (Å²) in [4.78, 5) is 11.6. The molecule has 1 unspecified atom stereocenters. The molecule has 17 heavy (non-hydrogen) atoms. The first-order chi connectivity index (χ1) is 8.28. The quantitative estimate of drug-likeness (QED) is 0.710. The van der Waals surface area contributed by atoms with Gasteiger partial charge in [0.05, 0.1) is 0 Å². The molecule has 1 aliphatic carbocycles. The molecule has 0 saturated heterocycles. The summed E-state index contributed by atoms with van der Waals surface area (Å²) in [6, 6.07) is 10.3. The first-order valence-electron chi connectivity index (χ1n) is 6.09. The van der Waals surface area contributed by atoms with Gasteiger partial charge in [0.15, 0.2) is 0 Å². The Kier molecular flexibility index (Phi) is 3.98. The number of rotatable bonds is 5. The van der Waals surface area contributed by atoms with Crippen LogP contribution in [0.15, 0.2) is 30.3 Å². The Hall–Kier alpha value is -1.55. The summed E-state index contributed by atoms with van der Waals surface area (Å²) in [5, 5.41) is 5.81. The van der Waals surface area contributed by atoms with Gasteiger partial charge < -0.3 is 16.4 Å². The molecule has 0 aliphatic heterocycles. The zero-order valence-corrected chi connectivity index (χ0v) is 9.86. The van der Waals surface area contributed by atoms with Crippen molar-refractivity contribution in [3.63, 3.8) is 0 Å². The van der Waals surface area contributed by atoms with E-state index >= 15 is 0 Å². The van der Waals surface area contributed by atoms with Crippen LogP contribution in [0, 0.1) is 0 Å². The number of nitrogens with two attached hydrogens (primary N) is 1. The molecule has 1 atom stereocenters. The first-order valence-corrected chi connectivity index (χ1v) is 6.09. The molecule has 4 N–H and O–H groups in total. The smallest absolute Gasteiger partial charge is 0.315 e. The van der Waals surface area contributed by atoms with Crippen LogP contribution in [0.2, 0.25) is 0 Å². The zero-order valence-electron chi connectivity index (χ0n) is 9.86. The molecule has 4 nitrogen and oxygen atoms in total. The highest BCUT2D eigenvalue weighted by molar-refractivity contribution is 5.75. The maximum atomic E-state index is 11.6. The average molecular weight is 233 g/mol. The Balaban J connectivity index is 1.81. The van der Waals surface area contributed by atoms with E-state index < -0.39 is 0 Å². The number of carbonyl (C=O) groups excluding carboxylic acids is 1. The Bertz CT molecular complexity index is 362. The van der Waals surface area contributed by atoms with Crippen LogP contribution in [0.5, 0.6) is 0 Å². The fraction of sp³-hybridized carbons (Fsp3) is 0.462. The van der Waals surface area contributed by atoms with Crippen molar-refractivity contribution in [2.75, 3.05) is 6.54 Å². The Morgan fingerprint density at radius 2 is 2.06 bits per heavy atom. The van der Waals surface area contributed by atoms with E-state index in [-0.39, 0.29) is 12.1 Å². The molecule has 2 amide bonds. The second-order valence-electron chi connectivity index (χ2n) is 4.51. The van der Waals surface area contributed by atoms with Gasteiger partial charge in [-0.05, 0) is 24.8 Å². The summed E-state index contributed by atoms with van der Waals surface area (Å²) in [5.41, 5.74) is 6.86. The van der Waals surface area contributed by atoms with Crippen molar-refractivity contribution in [2.45, 2.75) is 31.3 Å². The summed E-state index contributed by atoms with van der Waals surface area (Å²) in [7, 11) is 0. The maximum Gasteiger partial charge on any atom is 0.315 e. The summed E-state index contributed by atoms with van der Waals surface area (Å²) in [6.45, 7) is 0.451. The number of nitrogens with one attached hydrogen (secondary N) is 2. The normalized spacial score (nSPS) is 16.3. The van der Waals surface area contributed by atoms with Gasteiger partial charge in [-0.15, -0.1) is 0 Å². The molecule has 92 valence electrons. The minimum atomic E-state index is -0.0983. The van der Waals surface area contributed by atoms with Crippen LogP contribution in [-0.2, 0) is 6.42 Å². The van der Waals surface area contributed by atoms with Crippen molar-refractivity contribution in [1.82, 2.24) is 10.6 Å². The van der Waals surface area contributed by atoms with Crippen LogP contribution >= 0.6 is 0 Å². The van der Waals surface area contributed by atoms with Gasteiger partial charge in [0.1, 0.15) is 0 Å². The maximum absolute atomic E-state index is 11.6. The van der Waals surface area contributed by atoms with Gasteiger partial charge in [0, 0.05) is 18.6 Å². The van der Waals surface area contributed by atoms with Gasteiger partial charge in [-0.2, -0.15) is 0 Å². The first kappa shape index (κ1) is 11.9. The molecule has 0 radical (unpaired) electrons. The molecule has 0 heterocycles. The third kappa shape index (κ3) is 4.07. The molecule has 4 heteroatoms. The van der Waals surface area contributed by atoms with Gasteiger partial charge in [-0.1, -0.05) is 30.3 Å². The van der Waals surface area contributed by atoms with E-state index in [1.165, 1.54) is 5.56 Å². The van der Waals surface area contributed by atoms with E-state index in [0.29, 0.717) is 12.6 Å². The van der Waals surface area contributed by atoms with E-state index in [9.17, 15) is 4.79 Å². The predicted octanol–water partition coefficient (Wildman–Crippen LogP) is 1.02. The highest BCUT2D eigenvalue weighted by Crippen LogP contribution is 2.18. The molecule has 1 aromatic carbocycles. The molecule has 2 rings (SSSR count). The summed E-state index contributed by atoms with van der Waals surface area (Å²) in [5.74, 6) is 0. The van der Waals surface area contributed by atoms with Gasteiger partial charge >= 0.3 is 6.03 Å². The lowest BCUT2D eigenvalue weighted by molar-refractivity contribution is 0.236. The van der Waals surface area contributed by atoms with Crippen LogP contribution in [0.3, 0.4) is 0 Å². The number of carbonyl (C=O) groups is 1. The Morgan fingerprint density at radius 1 is 1.35 bits per heavy atom. The molecule has 1 aliphatic rings. The monoisotopic (exact) mass is 233 g/mol. The van der Waals surface area contributed by atoms with Gasteiger partial charge in [0.2, 0.25) is 0 Å². The average Bonchev–Trinajstić information content (AvgIpc) is 3.13. The minimum absolute atomic E-state index is 0.00356. The van der Waals surface area contributed by atoms with Crippen molar-refractivity contribution in [2.24, 2.45) is 5.73 Å². The SMILES string of the molecule is NCC(Cc1ccccc1)NC(=O)NC1CC1. The molecule has 1 fully saturated rings. The van der Waals surface area contributed by atoms with Gasteiger partial charge in [-0.3, -0.25) is 0 Å². The van der Waals surface area contributed by atoms with Crippen molar-refractivity contribution in [3.05, 3.63) is 35.9 Å². The highest BCUT2D eigenvalue weighted by Gasteiger charge is 2.24. The number of benzene rings is 1. The molecule has 0 aromatic heterocycles. The van der Waals surface area contributed by atoms with Crippen LogP contribution < -0.4 is 16.4 Å². The highest BCUT2D eigenvalue weighted by atomic mass is 16.2. The van der Waals surface area contributed by atoms with Crippen LogP contribution in [0.4, 0.5) is 4.79 Å². The molecule has 1 aromatic rings. The second kappa shape index (κ2) is 5.68. The minimum Gasteiger partial charge on any atom is -0.335 e. The lowest BCUT2D eigenvalue weighted by Gasteiger charge is -2.17. The number of hydrogen-bond donors (Lipinski definition) is 3. The topological polar surface area (TPSA) is 67.1 Å². The fourth-order valence-electron chi connectivity index (χ4n) is 1.73. The Morgan fingerprint density at radius 3 is 2.65 bits per heavy atom. The van der Waals surface area contributed by atoms with E-state index in [2.05, 4.69) is 10.6 Å². The summed E-state index contributed by atoms with van der Waals surface area (Å²) < 4.78 is 0. The van der Waals surface area contributed by atoms with Crippen molar-refractivity contribution >= 4 is 6.03 Å². The van der Waals surface area contributed by atoms with E-state index in [1.807, 2.05) is 30.3 Å². The number of urea groups is 1. The third-order valence-corrected chi connectivity index (χ3v) is 2.86. The zero-order chi connectivity index (χ0) is 12.1. The van der Waals surface area contributed by atoms with E-state index in [4.69, 9.17) is 5.73 Å². The Labute approximate surface area is 102 Å². The van der Waals surface area contributed by atoms with Crippen molar-refractivity contribution < 1.29 is 4.79 Å². The van der Waals surface area contributed by atoms with Crippen LogP contribution in [-0.4, -0.2) is 24.7 Å². The van der Waals surface area contributed by atoms with Crippen LogP contribution in [0.25, 0.3) is 0 Å². The molecular weight excluding hydrogens is 214 g/mol. The van der Waals surface area contributed by atoms with Crippen LogP contribution in [0.1, 0.15) is 18.4 Å². The van der Waals surface area contributed by atoms with Gasteiger partial charge in [0.25, 0.3) is 0 Å². The van der Waals surface area contributed by atoms with E-state index in [0.717, 1.165) is 19.3 Å². The lowest BCUT2D eigenvalue weighted by Crippen LogP contribution is -2.47. The third-order valence-electron chi connectivity index (χ3n) is 2.86. The van der Waals surface area contributed by atoms with Crippen molar-refractivity contribution in [3.8, 4) is 0 Å². The largest absolute Gasteiger partial charge is 0.335 e. The lowest BCUT2D eigenvalue weighted by atomic mass is 10.1. The second-order valence-corrected chi connectivity index (χ2v) is 4.51.